The van der Waals surface area contributed by atoms with Gasteiger partial charge in [0.15, 0.2) is 11.6 Å². The van der Waals surface area contributed by atoms with Crippen LogP contribution in [0.1, 0.15) is 49.4 Å². The Bertz CT molecular complexity index is 1350. The van der Waals surface area contributed by atoms with Gasteiger partial charge in [0.25, 0.3) is 12.0 Å². The van der Waals surface area contributed by atoms with Crippen molar-refractivity contribution in [1.82, 2.24) is 29.5 Å². The Hall–Kier alpha value is -3.76. The number of nitrogens with zero attached hydrogens (tertiary/aromatic N) is 6. The Kier molecular flexibility index (Phi) is 4.87. The fourth-order valence-electron chi connectivity index (χ4n) is 3.71. The number of anilines is 1. The number of aromatic nitrogens is 6. The third-order valence-corrected chi connectivity index (χ3v) is 5.51. The van der Waals surface area contributed by atoms with Gasteiger partial charge in [0.05, 0.1) is 11.6 Å². The first-order chi connectivity index (χ1) is 15.4. The molecular weight excluding hydrogens is 423 g/mol. The van der Waals surface area contributed by atoms with Gasteiger partial charge in [0.1, 0.15) is 18.5 Å². The number of hydrogen-bond acceptors (Lipinski definition) is 6. The van der Waals surface area contributed by atoms with Crippen molar-refractivity contribution >= 4 is 16.6 Å². The van der Waals surface area contributed by atoms with Crippen LogP contribution >= 0.6 is 0 Å². The zero-order valence-electron chi connectivity index (χ0n) is 16.9. The number of hydrogen-bond donors (Lipinski definition) is 1. The molecule has 0 spiro atoms. The van der Waals surface area contributed by atoms with E-state index in [4.69, 9.17) is 0 Å². The summed E-state index contributed by atoms with van der Waals surface area (Å²) in [6.45, 7) is 1.64. The first kappa shape index (κ1) is 20.2. The lowest BCUT2D eigenvalue weighted by Crippen LogP contribution is -2.19. The average Bonchev–Trinajstić information content (AvgIpc) is 3.47. The average molecular weight is 441 g/mol. The number of halogens is 3. The van der Waals surface area contributed by atoms with Gasteiger partial charge < -0.3 is 9.88 Å². The maximum absolute atomic E-state index is 14.7. The largest absolute Gasteiger partial charge is 0.361 e. The van der Waals surface area contributed by atoms with Gasteiger partial charge in [-0.05, 0) is 19.8 Å². The monoisotopic (exact) mass is 441 g/mol. The Morgan fingerprint density at radius 1 is 1.16 bits per heavy atom. The molecule has 1 saturated carbocycles. The highest BCUT2D eigenvalue weighted by Gasteiger charge is 2.26. The molecule has 164 valence electrons. The smallest absolute Gasteiger partial charge is 0.266 e. The second-order valence-electron chi connectivity index (χ2n) is 7.71. The Labute approximate surface area is 179 Å². The van der Waals surface area contributed by atoms with E-state index in [0.717, 1.165) is 18.9 Å². The molecule has 5 rings (SSSR count). The summed E-state index contributed by atoms with van der Waals surface area (Å²) in [6.07, 6.45) is 3.38. The van der Waals surface area contributed by atoms with Crippen molar-refractivity contribution in [2.45, 2.75) is 38.3 Å². The fourth-order valence-corrected chi connectivity index (χ4v) is 3.71. The fraction of sp³-hybridized carbons (Fsp3) is 0.286. The number of benzene rings is 1. The van der Waals surface area contributed by atoms with Gasteiger partial charge in [-0.2, -0.15) is 5.10 Å². The Balaban J connectivity index is 1.61. The van der Waals surface area contributed by atoms with Crippen molar-refractivity contribution in [3.63, 3.8) is 0 Å². The van der Waals surface area contributed by atoms with Crippen molar-refractivity contribution < 1.29 is 13.2 Å². The van der Waals surface area contributed by atoms with Gasteiger partial charge in [-0.1, -0.05) is 18.2 Å². The van der Waals surface area contributed by atoms with Gasteiger partial charge in [-0.15, -0.1) is 10.2 Å². The molecule has 0 unspecified atom stereocenters. The lowest BCUT2D eigenvalue weighted by molar-refractivity contribution is 0.146. The van der Waals surface area contributed by atoms with Crippen LogP contribution < -0.4 is 10.9 Å². The van der Waals surface area contributed by atoms with Crippen molar-refractivity contribution in [1.29, 1.82) is 0 Å². The molecule has 0 saturated heterocycles. The first-order valence-electron chi connectivity index (χ1n) is 10.0. The van der Waals surface area contributed by atoms with E-state index in [1.807, 2.05) is 0 Å². The van der Waals surface area contributed by atoms with Crippen molar-refractivity contribution in [3.05, 3.63) is 70.4 Å². The SMILES string of the molecule is C[C@@H](Nc1nnc(-n2cncn2)c2cc(=O)n(C3CC3)cc12)c1cccc(C(F)F)c1F. The van der Waals surface area contributed by atoms with Crippen molar-refractivity contribution in [3.8, 4) is 5.82 Å². The highest BCUT2D eigenvalue weighted by atomic mass is 19.3. The van der Waals surface area contributed by atoms with E-state index in [1.165, 1.54) is 35.5 Å². The summed E-state index contributed by atoms with van der Waals surface area (Å²) in [5.74, 6) is -0.344. The molecule has 1 aliphatic rings. The first-order valence-corrected chi connectivity index (χ1v) is 10.0. The molecule has 1 fully saturated rings. The third kappa shape index (κ3) is 3.49. The zero-order valence-corrected chi connectivity index (χ0v) is 16.9. The summed E-state index contributed by atoms with van der Waals surface area (Å²) in [6, 6.07) is 4.80. The highest BCUT2D eigenvalue weighted by Crippen LogP contribution is 2.36. The molecule has 4 aromatic rings. The molecular formula is C21H18F3N7O. The van der Waals surface area contributed by atoms with Crippen LogP contribution in [0.5, 0.6) is 0 Å². The van der Waals surface area contributed by atoms with E-state index in [9.17, 15) is 18.0 Å². The van der Waals surface area contributed by atoms with Crippen LogP contribution in [0.15, 0.2) is 47.9 Å². The number of rotatable bonds is 6. The molecule has 0 aliphatic heterocycles. The lowest BCUT2D eigenvalue weighted by Gasteiger charge is -2.19. The maximum atomic E-state index is 14.7. The molecule has 1 aromatic carbocycles. The molecule has 8 nitrogen and oxygen atoms in total. The predicted octanol–water partition coefficient (Wildman–Crippen LogP) is 3.96. The second kappa shape index (κ2) is 7.74. The van der Waals surface area contributed by atoms with E-state index < -0.39 is 23.8 Å². The molecule has 0 radical (unpaired) electrons. The molecule has 1 atom stereocenters. The summed E-state index contributed by atoms with van der Waals surface area (Å²) in [4.78, 5) is 16.6. The number of fused-ring (bicyclic) bond motifs is 1. The Morgan fingerprint density at radius 2 is 1.94 bits per heavy atom. The van der Waals surface area contributed by atoms with Crippen LogP contribution in [0.3, 0.4) is 0 Å². The van der Waals surface area contributed by atoms with Crippen LogP contribution in [0, 0.1) is 5.82 Å². The predicted molar refractivity (Wildman–Crippen MR) is 110 cm³/mol. The molecule has 0 bridgehead atoms. The molecule has 3 aromatic heterocycles. The van der Waals surface area contributed by atoms with Gasteiger partial charge in [0, 0.05) is 34.6 Å². The number of pyridine rings is 1. The Morgan fingerprint density at radius 3 is 2.62 bits per heavy atom. The summed E-state index contributed by atoms with van der Waals surface area (Å²) >= 11 is 0. The van der Waals surface area contributed by atoms with Crippen LogP contribution in [0.2, 0.25) is 0 Å². The summed E-state index contributed by atoms with van der Waals surface area (Å²) in [5.41, 5.74) is -0.756. The maximum Gasteiger partial charge on any atom is 0.266 e. The van der Waals surface area contributed by atoms with E-state index in [2.05, 4.69) is 25.6 Å². The topological polar surface area (TPSA) is 90.5 Å². The molecule has 1 N–H and O–H groups in total. The van der Waals surface area contributed by atoms with Gasteiger partial charge >= 0.3 is 0 Å². The summed E-state index contributed by atoms with van der Waals surface area (Å²) in [5, 5.41) is 16.6. The normalized spacial score (nSPS) is 14.8. The minimum Gasteiger partial charge on any atom is -0.361 e. The second-order valence-corrected chi connectivity index (χ2v) is 7.71. The molecule has 32 heavy (non-hydrogen) atoms. The molecule has 0 amide bonds. The van der Waals surface area contributed by atoms with Crippen LogP contribution in [-0.2, 0) is 0 Å². The third-order valence-electron chi connectivity index (χ3n) is 5.51. The molecule has 11 heteroatoms. The van der Waals surface area contributed by atoms with E-state index in [0.29, 0.717) is 22.4 Å². The highest BCUT2D eigenvalue weighted by molar-refractivity contribution is 5.95. The van der Waals surface area contributed by atoms with Crippen LogP contribution in [0.4, 0.5) is 19.0 Å². The van der Waals surface area contributed by atoms with Crippen LogP contribution in [-0.4, -0.2) is 29.5 Å². The zero-order chi connectivity index (χ0) is 22.4. The summed E-state index contributed by atoms with van der Waals surface area (Å²) < 4.78 is 43.9. The standard InChI is InChI=1S/C21H18F3N7O/c1-11(13-3-2-4-14(18(13)22)19(23)24)27-20-16-8-30(12-5-6-12)17(32)7-15(16)21(29-28-20)31-10-25-9-26-31/h2-4,7-12,19H,5-6H2,1H3,(H,27,28)/t11-/m1/s1. The minimum absolute atomic E-state index is 0.0774. The summed E-state index contributed by atoms with van der Waals surface area (Å²) in [7, 11) is 0. The molecule has 3 heterocycles. The van der Waals surface area contributed by atoms with Gasteiger partial charge in [-0.3, -0.25) is 4.79 Å². The van der Waals surface area contributed by atoms with Crippen LogP contribution in [0.25, 0.3) is 16.6 Å². The number of nitrogens with one attached hydrogen (secondary N) is 1. The van der Waals surface area contributed by atoms with Gasteiger partial charge in [0.2, 0.25) is 0 Å². The lowest BCUT2D eigenvalue weighted by atomic mass is 10.0. The van der Waals surface area contributed by atoms with Gasteiger partial charge in [-0.25, -0.2) is 22.8 Å². The minimum atomic E-state index is -2.92. The van der Waals surface area contributed by atoms with Crippen molar-refractivity contribution in [2.75, 3.05) is 5.32 Å². The van der Waals surface area contributed by atoms with E-state index >= 15 is 0 Å². The van der Waals surface area contributed by atoms with E-state index in [-0.39, 0.29) is 17.2 Å². The molecule has 1 aliphatic carbocycles. The number of alkyl halides is 2. The van der Waals surface area contributed by atoms with Crippen molar-refractivity contribution in [2.24, 2.45) is 0 Å². The quantitative estimate of drug-likeness (QED) is 0.487. The van der Waals surface area contributed by atoms with E-state index in [1.54, 1.807) is 17.7 Å².